The second-order valence-electron chi connectivity index (χ2n) is 5.38. The molecular weight excluding hydrogens is 279 g/mol. The number of aryl methyl sites for hydroxylation is 2. The summed E-state index contributed by atoms with van der Waals surface area (Å²) in [5.74, 6) is -0.256. The summed E-state index contributed by atoms with van der Waals surface area (Å²) in [4.78, 5) is 11.9. The smallest absolute Gasteiger partial charge is 0.251 e. The van der Waals surface area contributed by atoms with E-state index in [1.165, 1.54) is 6.07 Å². The van der Waals surface area contributed by atoms with Crippen LogP contribution in [0.3, 0.4) is 0 Å². The van der Waals surface area contributed by atoms with Crippen LogP contribution in [0, 0.1) is 19.7 Å². The predicted molar refractivity (Wildman–Crippen MR) is 86.4 cm³/mol. The quantitative estimate of drug-likeness (QED) is 0.805. The van der Waals surface area contributed by atoms with E-state index in [4.69, 9.17) is 0 Å². The van der Waals surface area contributed by atoms with Crippen molar-refractivity contribution in [1.82, 2.24) is 10.6 Å². The zero-order valence-electron chi connectivity index (χ0n) is 12.9. The molecule has 0 aromatic heterocycles. The Bertz CT molecular complexity index is 638. The van der Waals surface area contributed by atoms with E-state index >= 15 is 0 Å². The zero-order chi connectivity index (χ0) is 15.9. The van der Waals surface area contributed by atoms with Crippen molar-refractivity contribution < 1.29 is 9.18 Å². The minimum Gasteiger partial charge on any atom is -0.351 e. The molecule has 3 nitrogen and oxygen atoms in total. The molecule has 2 aromatic rings. The molecule has 4 heteroatoms. The van der Waals surface area contributed by atoms with Crippen LogP contribution in [0.2, 0.25) is 0 Å². The van der Waals surface area contributed by atoms with Crippen LogP contribution >= 0.6 is 0 Å². The van der Waals surface area contributed by atoms with E-state index < -0.39 is 0 Å². The third-order valence-electron chi connectivity index (χ3n) is 3.45. The Morgan fingerprint density at radius 2 is 1.77 bits per heavy atom. The standard InChI is InChI=1S/C18H21FN2O/c1-13-3-6-16(7-4-13)18(22)21-10-9-20-12-15-5-8-17(19)14(2)11-15/h3-8,11,20H,9-10,12H2,1-2H3,(H,21,22). The first-order valence-electron chi connectivity index (χ1n) is 7.37. The van der Waals surface area contributed by atoms with Crippen molar-refractivity contribution >= 4 is 5.91 Å². The molecule has 0 aliphatic carbocycles. The molecule has 0 aliphatic rings. The Labute approximate surface area is 130 Å². The van der Waals surface area contributed by atoms with Crippen molar-refractivity contribution in [2.45, 2.75) is 20.4 Å². The number of halogens is 1. The maximum atomic E-state index is 13.1. The van der Waals surface area contributed by atoms with Crippen molar-refractivity contribution in [3.63, 3.8) is 0 Å². The van der Waals surface area contributed by atoms with Crippen molar-refractivity contribution in [2.75, 3.05) is 13.1 Å². The van der Waals surface area contributed by atoms with Gasteiger partial charge in [-0.15, -0.1) is 0 Å². The van der Waals surface area contributed by atoms with Gasteiger partial charge in [0, 0.05) is 25.2 Å². The number of amides is 1. The van der Waals surface area contributed by atoms with Gasteiger partial charge in [-0.2, -0.15) is 0 Å². The van der Waals surface area contributed by atoms with Crippen LogP contribution in [0.15, 0.2) is 42.5 Å². The Kier molecular flexibility index (Phi) is 5.67. The number of hydrogen-bond donors (Lipinski definition) is 2. The first-order chi connectivity index (χ1) is 10.6. The molecule has 0 aliphatic heterocycles. The van der Waals surface area contributed by atoms with E-state index in [1.54, 1.807) is 13.0 Å². The summed E-state index contributed by atoms with van der Waals surface area (Å²) in [5.41, 5.74) is 3.48. The molecule has 1 amide bonds. The average Bonchev–Trinajstić information content (AvgIpc) is 2.51. The van der Waals surface area contributed by atoms with Gasteiger partial charge in [-0.1, -0.05) is 29.8 Å². The molecule has 2 N–H and O–H groups in total. The Morgan fingerprint density at radius 3 is 2.45 bits per heavy atom. The molecule has 2 rings (SSSR count). The molecule has 0 atom stereocenters. The molecule has 116 valence electrons. The highest BCUT2D eigenvalue weighted by Gasteiger charge is 2.03. The number of carbonyl (C=O) groups excluding carboxylic acids is 1. The fourth-order valence-corrected chi connectivity index (χ4v) is 2.12. The SMILES string of the molecule is Cc1ccc(C(=O)NCCNCc2ccc(F)c(C)c2)cc1. The van der Waals surface area contributed by atoms with Gasteiger partial charge in [0.15, 0.2) is 0 Å². The van der Waals surface area contributed by atoms with Gasteiger partial charge in [0.05, 0.1) is 0 Å². The lowest BCUT2D eigenvalue weighted by atomic mass is 10.1. The Hall–Kier alpha value is -2.20. The number of carbonyl (C=O) groups is 1. The normalized spacial score (nSPS) is 10.5. The largest absolute Gasteiger partial charge is 0.351 e. The molecule has 0 saturated heterocycles. The van der Waals surface area contributed by atoms with Crippen molar-refractivity contribution in [1.29, 1.82) is 0 Å². The summed E-state index contributed by atoms with van der Waals surface area (Å²) in [5, 5.41) is 6.09. The average molecular weight is 300 g/mol. The number of rotatable bonds is 6. The molecule has 0 radical (unpaired) electrons. The van der Waals surface area contributed by atoms with Gasteiger partial charge < -0.3 is 10.6 Å². The van der Waals surface area contributed by atoms with Crippen LogP contribution in [0.5, 0.6) is 0 Å². The van der Waals surface area contributed by atoms with E-state index in [2.05, 4.69) is 10.6 Å². The lowest BCUT2D eigenvalue weighted by Crippen LogP contribution is -2.31. The lowest BCUT2D eigenvalue weighted by molar-refractivity contribution is 0.0954. The minimum absolute atomic E-state index is 0.0700. The van der Waals surface area contributed by atoms with Crippen LogP contribution in [-0.4, -0.2) is 19.0 Å². The third-order valence-corrected chi connectivity index (χ3v) is 3.45. The Balaban J connectivity index is 1.69. The van der Waals surface area contributed by atoms with Crippen molar-refractivity contribution in [3.8, 4) is 0 Å². The summed E-state index contributed by atoms with van der Waals surface area (Å²) in [7, 11) is 0. The highest BCUT2D eigenvalue weighted by molar-refractivity contribution is 5.94. The van der Waals surface area contributed by atoms with Crippen LogP contribution in [0.4, 0.5) is 4.39 Å². The van der Waals surface area contributed by atoms with Gasteiger partial charge in [-0.25, -0.2) is 4.39 Å². The van der Waals surface area contributed by atoms with Gasteiger partial charge in [-0.05, 0) is 43.2 Å². The number of benzene rings is 2. The molecule has 22 heavy (non-hydrogen) atoms. The molecular formula is C18H21FN2O. The van der Waals surface area contributed by atoms with E-state index in [0.29, 0.717) is 30.8 Å². The third kappa shape index (κ3) is 4.67. The van der Waals surface area contributed by atoms with E-state index in [1.807, 2.05) is 37.3 Å². The molecule has 0 fully saturated rings. The van der Waals surface area contributed by atoms with Gasteiger partial charge in [0.25, 0.3) is 5.91 Å². The predicted octanol–water partition coefficient (Wildman–Crippen LogP) is 2.96. The first-order valence-corrected chi connectivity index (χ1v) is 7.37. The zero-order valence-corrected chi connectivity index (χ0v) is 12.9. The summed E-state index contributed by atoms with van der Waals surface area (Å²) in [6.07, 6.45) is 0. The molecule has 0 heterocycles. The highest BCUT2D eigenvalue weighted by atomic mass is 19.1. The summed E-state index contributed by atoms with van der Waals surface area (Å²) >= 11 is 0. The van der Waals surface area contributed by atoms with E-state index in [9.17, 15) is 9.18 Å². The monoisotopic (exact) mass is 300 g/mol. The number of hydrogen-bond acceptors (Lipinski definition) is 2. The second-order valence-corrected chi connectivity index (χ2v) is 5.38. The maximum absolute atomic E-state index is 13.1. The molecule has 0 unspecified atom stereocenters. The molecule has 0 spiro atoms. The van der Waals surface area contributed by atoms with Crippen molar-refractivity contribution in [3.05, 3.63) is 70.5 Å². The van der Waals surface area contributed by atoms with Crippen LogP contribution in [-0.2, 0) is 6.54 Å². The van der Waals surface area contributed by atoms with Crippen LogP contribution in [0.25, 0.3) is 0 Å². The first kappa shape index (κ1) is 16.2. The van der Waals surface area contributed by atoms with Gasteiger partial charge in [-0.3, -0.25) is 4.79 Å². The van der Waals surface area contributed by atoms with E-state index in [-0.39, 0.29) is 11.7 Å². The van der Waals surface area contributed by atoms with Gasteiger partial charge in [0.1, 0.15) is 5.82 Å². The maximum Gasteiger partial charge on any atom is 0.251 e. The Morgan fingerprint density at radius 1 is 1.05 bits per heavy atom. The topological polar surface area (TPSA) is 41.1 Å². The van der Waals surface area contributed by atoms with Crippen LogP contribution < -0.4 is 10.6 Å². The fraction of sp³-hybridized carbons (Fsp3) is 0.278. The minimum atomic E-state index is -0.186. The van der Waals surface area contributed by atoms with Crippen molar-refractivity contribution in [2.24, 2.45) is 0 Å². The number of nitrogens with one attached hydrogen (secondary N) is 2. The lowest BCUT2D eigenvalue weighted by Gasteiger charge is -2.08. The van der Waals surface area contributed by atoms with Gasteiger partial charge in [0.2, 0.25) is 0 Å². The van der Waals surface area contributed by atoms with Crippen LogP contribution in [0.1, 0.15) is 27.0 Å². The molecule has 2 aromatic carbocycles. The van der Waals surface area contributed by atoms with Gasteiger partial charge >= 0.3 is 0 Å². The van der Waals surface area contributed by atoms with E-state index in [0.717, 1.165) is 11.1 Å². The highest BCUT2D eigenvalue weighted by Crippen LogP contribution is 2.08. The summed E-state index contributed by atoms with van der Waals surface area (Å²) < 4.78 is 13.1. The fourth-order valence-electron chi connectivity index (χ4n) is 2.12. The second kappa shape index (κ2) is 7.71. The molecule has 0 saturated carbocycles. The molecule has 0 bridgehead atoms. The summed E-state index contributed by atoms with van der Waals surface area (Å²) in [6, 6.07) is 12.5. The summed E-state index contributed by atoms with van der Waals surface area (Å²) in [6.45, 7) is 5.60.